The largest absolute Gasteiger partial charge is 0.330 e. The zero-order chi connectivity index (χ0) is 18.0. The summed E-state index contributed by atoms with van der Waals surface area (Å²) in [5.74, 6) is -2.20. The van der Waals surface area contributed by atoms with E-state index in [9.17, 15) is 13.6 Å². The predicted octanol–water partition coefficient (Wildman–Crippen LogP) is 3.40. The van der Waals surface area contributed by atoms with Crippen molar-refractivity contribution < 1.29 is 13.6 Å². The number of nitrogens with zero attached hydrogens (tertiary/aromatic N) is 3. The van der Waals surface area contributed by atoms with Gasteiger partial charge < -0.3 is 9.80 Å². The van der Waals surface area contributed by atoms with Gasteiger partial charge in [0.05, 0.1) is 12.2 Å². The number of carbonyl (C=O) groups excluding carboxylic acids is 1. The second-order valence-corrected chi connectivity index (χ2v) is 6.62. The Morgan fingerprint density at radius 2 is 2.00 bits per heavy atom. The Morgan fingerprint density at radius 3 is 2.64 bits per heavy atom. The first-order valence-corrected chi connectivity index (χ1v) is 8.31. The molecule has 1 aliphatic heterocycles. The number of amides is 1. The van der Waals surface area contributed by atoms with Gasteiger partial charge in [-0.05, 0) is 38.1 Å². The molecule has 0 spiro atoms. The molecular formula is C19H21F2N3O. The molecule has 132 valence electrons. The smallest absolute Gasteiger partial charge is 0.276 e. The van der Waals surface area contributed by atoms with E-state index in [0.29, 0.717) is 12.6 Å². The molecule has 1 amide bonds. The molecule has 0 radical (unpaired) electrons. The van der Waals surface area contributed by atoms with E-state index in [-0.39, 0.29) is 11.7 Å². The van der Waals surface area contributed by atoms with Gasteiger partial charge in [0.1, 0.15) is 5.82 Å². The summed E-state index contributed by atoms with van der Waals surface area (Å²) in [5.41, 5.74) is 1.89. The van der Waals surface area contributed by atoms with Gasteiger partial charge in [-0.15, -0.1) is 0 Å². The Kier molecular flexibility index (Phi) is 5.08. The first-order valence-electron chi connectivity index (χ1n) is 8.31. The number of likely N-dealkylation sites (tertiary alicyclic amines) is 1. The van der Waals surface area contributed by atoms with Crippen molar-refractivity contribution in [1.82, 2.24) is 14.8 Å². The number of aromatic nitrogens is 1. The van der Waals surface area contributed by atoms with E-state index in [4.69, 9.17) is 0 Å². The SMILES string of the molecule is CN(C)Cc1ccc(C2CCCN2C(=O)c2ncc(F)cc2F)cc1. The number of carbonyl (C=O) groups is 1. The first kappa shape index (κ1) is 17.5. The Balaban J connectivity index is 1.81. The summed E-state index contributed by atoms with van der Waals surface area (Å²) in [6.45, 7) is 1.39. The Morgan fingerprint density at radius 1 is 1.28 bits per heavy atom. The molecule has 1 aliphatic rings. The molecule has 1 unspecified atom stereocenters. The molecule has 4 nitrogen and oxygen atoms in total. The summed E-state index contributed by atoms with van der Waals surface area (Å²) in [6.07, 6.45) is 2.54. The van der Waals surface area contributed by atoms with Crippen LogP contribution in [0.25, 0.3) is 0 Å². The van der Waals surface area contributed by atoms with Crippen LogP contribution in [0.2, 0.25) is 0 Å². The molecule has 1 aromatic carbocycles. The zero-order valence-electron chi connectivity index (χ0n) is 14.4. The van der Waals surface area contributed by atoms with Gasteiger partial charge in [0, 0.05) is 19.2 Å². The van der Waals surface area contributed by atoms with Crippen molar-refractivity contribution >= 4 is 5.91 Å². The van der Waals surface area contributed by atoms with Gasteiger partial charge in [-0.1, -0.05) is 24.3 Å². The van der Waals surface area contributed by atoms with Gasteiger partial charge in [-0.3, -0.25) is 4.79 Å². The molecule has 6 heteroatoms. The highest BCUT2D eigenvalue weighted by Crippen LogP contribution is 2.33. The fraction of sp³-hybridized carbons (Fsp3) is 0.368. The van der Waals surface area contributed by atoms with Crippen LogP contribution in [0.4, 0.5) is 8.78 Å². The van der Waals surface area contributed by atoms with E-state index in [1.54, 1.807) is 4.90 Å². The van der Waals surface area contributed by atoms with Gasteiger partial charge in [0.2, 0.25) is 0 Å². The minimum absolute atomic E-state index is 0.104. The standard InChI is InChI=1S/C19H21F2N3O/c1-23(2)12-13-5-7-14(8-6-13)17-4-3-9-24(17)19(25)18-16(21)10-15(20)11-22-18/h5-8,10-11,17H,3-4,9,12H2,1-2H3. The van der Waals surface area contributed by atoms with Crippen molar-refractivity contribution in [2.24, 2.45) is 0 Å². The number of pyridine rings is 1. The minimum Gasteiger partial charge on any atom is -0.330 e. The molecule has 0 aliphatic carbocycles. The summed E-state index contributed by atoms with van der Waals surface area (Å²) >= 11 is 0. The molecule has 0 saturated carbocycles. The van der Waals surface area contributed by atoms with E-state index in [1.807, 2.05) is 38.4 Å². The number of hydrogen-bond donors (Lipinski definition) is 0. The third-order valence-corrected chi connectivity index (χ3v) is 4.39. The molecular weight excluding hydrogens is 324 g/mol. The summed E-state index contributed by atoms with van der Waals surface area (Å²) < 4.78 is 26.9. The second kappa shape index (κ2) is 7.27. The quantitative estimate of drug-likeness (QED) is 0.852. The van der Waals surface area contributed by atoms with Crippen LogP contribution in [-0.2, 0) is 6.54 Å². The maximum atomic E-state index is 13.9. The average molecular weight is 345 g/mol. The average Bonchev–Trinajstić information content (AvgIpc) is 3.04. The molecule has 1 aromatic heterocycles. The minimum atomic E-state index is -0.919. The first-order chi connectivity index (χ1) is 12.0. The highest BCUT2D eigenvalue weighted by atomic mass is 19.1. The lowest BCUT2D eigenvalue weighted by atomic mass is 10.0. The fourth-order valence-electron chi connectivity index (χ4n) is 3.27. The highest BCUT2D eigenvalue weighted by molar-refractivity contribution is 5.93. The van der Waals surface area contributed by atoms with Gasteiger partial charge in [-0.25, -0.2) is 13.8 Å². The van der Waals surface area contributed by atoms with Crippen molar-refractivity contribution in [1.29, 1.82) is 0 Å². The summed E-state index contributed by atoms with van der Waals surface area (Å²) in [5, 5.41) is 0. The van der Waals surface area contributed by atoms with Gasteiger partial charge >= 0.3 is 0 Å². The number of hydrogen-bond acceptors (Lipinski definition) is 3. The summed E-state index contributed by atoms with van der Waals surface area (Å²) in [4.78, 5) is 20.0. The monoisotopic (exact) mass is 345 g/mol. The van der Waals surface area contributed by atoms with E-state index in [1.165, 1.54) is 5.56 Å². The molecule has 0 N–H and O–H groups in total. The van der Waals surface area contributed by atoms with E-state index < -0.39 is 17.5 Å². The highest BCUT2D eigenvalue weighted by Gasteiger charge is 2.32. The Hall–Kier alpha value is -2.34. The van der Waals surface area contributed by atoms with Crippen LogP contribution in [0, 0.1) is 11.6 Å². The third kappa shape index (κ3) is 3.85. The van der Waals surface area contributed by atoms with Crippen molar-refractivity contribution in [2.45, 2.75) is 25.4 Å². The normalized spacial score (nSPS) is 17.3. The lowest BCUT2D eigenvalue weighted by molar-refractivity contribution is 0.0724. The van der Waals surface area contributed by atoms with Crippen molar-refractivity contribution in [3.8, 4) is 0 Å². The van der Waals surface area contributed by atoms with E-state index >= 15 is 0 Å². The Labute approximate surface area is 146 Å². The van der Waals surface area contributed by atoms with E-state index in [2.05, 4.69) is 9.88 Å². The molecule has 1 atom stereocenters. The lowest BCUT2D eigenvalue weighted by Crippen LogP contribution is -2.32. The van der Waals surface area contributed by atoms with Crippen LogP contribution >= 0.6 is 0 Å². The maximum Gasteiger partial charge on any atom is 0.276 e. The van der Waals surface area contributed by atoms with Crippen molar-refractivity contribution in [3.05, 3.63) is 65.0 Å². The van der Waals surface area contributed by atoms with Crippen LogP contribution in [-0.4, -0.2) is 41.3 Å². The van der Waals surface area contributed by atoms with Crippen molar-refractivity contribution in [3.63, 3.8) is 0 Å². The van der Waals surface area contributed by atoms with Crippen LogP contribution in [0.1, 0.15) is 40.5 Å². The Bertz CT molecular complexity index is 762. The van der Waals surface area contributed by atoms with Crippen LogP contribution in [0.3, 0.4) is 0 Å². The molecule has 0 bridgehead atoms. The zero-order valence-corrected chi connectivity index (χ0v) is 14.4. The number of rotatable bonds is 4. The third-order valence-electron chi connectivity index (χ3n) is 4.39. The molecule has 3 rings (SSSR count). The maximum absolute atomic E-state index is 13.9. The molecule has 1 saturated heterocycles. The van der Waals surface area contributed by atoms with Crippen LogP contribution in [0.15, 0.2) is 36.5 Å². The van der Waals surface area contributed by atoms with Crippen LogP contribution in [0.5, 0.6) is 0 Å². The molecule has 2 heterocycles. The number of benzene rings is 1. The van der Waals surface area contributed by atoms with Gasteiger partial charge in [0.15, 0.2) is 11.5 Å². The molecule has 1 fully saturated rings. The number of halogens is 2. The van der Waals surface area contributed by atoms with E-state index in [0.717, 1.165) is 31.1 Å². The van der Waals surface area contributed by atoms with Crippen LogP contribution < -0.4 is 0 Å². The summed E-state index contributed by atoms with van der Waals surface area (Å²) in [6, 6.07) is 8.72. The topological polar surface area (TPSA) is 36.4 Å². The summed E-state index contributed by atoms with van der Waals surface area (Å²) in [7, 11) is 4.02. The van der Waals surface area contributed by atoms with Gasteiger partial charge in [0.25, 0.3) is 5.91 Å². The lowest BCUT2D eigenvalue weighted by Gasteiger charge is -2.25. The fourth-order valence-corrected chi connectivity index (χ4v) is 3.27. The van der Waals surface area contributed by atoms with Gasteiger partial charge in [-0.2, -0.15) is 0 Å². The molecule has 2 aromatic rings. The predicted molar refractivity (Wildman–Crippen MR) is 91.0 cm³/mol. The molecule has 25 heavy (non-hydrogen) atoms. The second-order valence-electron chi connectivity index (χ2n) is 6.62. The van der Waals surface area contributed by atoms with Crippen molar-refractivity contribution in [2.75, 3.05) is 20.6 Å².